The molecule has 0 saturated heterocycles. The summed E-state index contributed by atoms with van der Waals surface area (Å²) in [5.74, 6) is 0. The molecule has 0 aliphatic heterocycles. The lowest BCUT2D eigenvalue weighted by Gasteiger charge is -2.05. The number of hydrogen-bond acceptors (Lipinski definition) is 5. The molecule has 0 aliphatic rings. The molecule has 0 unspecified atom stereocenters. The van der Waals surface area contributed by atoms with Crippen LogP contribution in [0.1, 0.15) is 16.1 Å². The molecule has 3 aromatic rings. The molecule has 0 aliphatic carbocycles. The van der Waals surface area contributed by atoms with Crippen molar-refractivity contribution in [1.82, 2.24) is 4.98 Å². The van der Waals surface area contributed by atoms with Gasteiger partial charge in [0.05, 0.1) is 15.9 Å². The molecule has 4 nitrogen and oxygen atoms in total. The standard InChI is InChI=1S/C17H14N4S/c1-11-7-8-13(12(2)9-11)20-21-15(10-18)17-19-14-5-3-4-6-16(14)22-17/h3-9,20H,1-2H3/b21-15+. The lowest BCUT2D eigenvalue weighted by molar-refractivity contribution is 1.28. The molecule has 0 fully saturated rings. The number of rotatable bonds is 3. The maximum absolute atomic E-state index is 9.34. The summed E-state index contributed by atoms with van der Waals surface area (Å²) in [4.78, 5) is 4.46. The fourth-order valence-corrected chi connectivity index (χ4v) is 3.05. The molecule has 22 heavy (non-hydrogen) atoms. The summed E-state index contributed by atoms with van der Waals surface area (Å²) in [7, 11) is 0. The first-order valence-corrected chi connectivity index (χ1v) is 7.66. The van der Waals surface area contributed by atoms with Crippen LogP contribution in [-0.2, 0) is 0 Å². The van der Waals surface area contributed by atoms with Gasteiger partial charge < -0.3 is 0 Å². The first-order valence-electron chi connectivity index (χ1n) is 6.84. The topological polar surface area (TPSA) is 61.1 Å². The van der Waals surface area contributed by atoms with Gasteiger partial charge in [0.15, 0.2) is 10.7 Å². The second-order valence-corrected chi connectivity index (χ2v) is 6.02. The highest BCUT2D eigenvalue weighted by Gasteiger charge is 2.10. The zero-order valence-corrected chi connectivity index (χ0v) is 13.1. The van der Waals surface area contributed by atoms with Gasteiger partial charge >= 0.3 is 0 Å². The molecular formula is C17H14N4S. The van der Waals surface area contributed by atoms with E-state index in [0.29, 0.717) is 10.7 Å². The van der Waals surface area contributed by atoms with E-state index >= 15 is 0 Å². The number of benzene rings is 2. The Morgan fingerprint density at radius 2 is 2.05 bits per heavy atom. The van der Waals surface area contributed by atoms with E-state index < -0.39 is 0 Å². The van der Waals surface area contributed by atoms with Crippen LogP contribution >= 0.6 is 11.3 Å². The zero-order valence-electron chi connectivity index (χ0n) is 12.3. The summed E-state index contributed by atoms with van der Waals surface area (Å²) in [6, 6.07) is 16.0. The summed E-state index contributed by atoms with van der Waals surface area (Å²) in [6.45, 7) is 4.05. The smallest absolute Gasteiger partial charge is 0.196 e. The molecule has 0 spiro atoms. The van der Waals surface area contributed by atoms with Crippen LogP contribution in [0.4, 0.5) is 5.69 Å². The summed E-state index contributed by atoms with van der Waals surface area (Å²) >= 11 is 1.47. The summed E-state index contributed by atoms with van der Waals surface area (Å²) in [5, 5.41) is 14.2. The number of aryl methyl sites for hydroxylation is 2. The molecule has 1 N–H and O–H groups in total. The predicted molar refractivity (Wildman–Crippen MR) is 91.3 cm³/mol. The third kappa shape index (κ3) is 2.83. The van der Waals surface area contributed by atoms with Crippen molar-refractivity contribution < 1.29 is 0 Å². The van der Waals surface area contributed by atoms with Crippen LogP contribution in [0.5, 0.6) is 0 Å². The van der Waals surface area contributed by atoms with Crippen molar-refractivity contribution in [2.75, 3.05) is 5.43 Å². The van der Waals surface area contributed by atoms with E-state index in [1.165, 1.54) is 16.9 Å². The SMILES string of the molecule is Cc1ccc(N/N=C(\C#N)c2nc3ccccc3s2)c(C)c1. The summed E-state index contributed by atoms with van der Waals surface area (Å²) in [5.41, 5.74) is 7.31. The Labute approximate surface area is 132 Å². The molecule has 0 radical (unpaired) electrons. The Hall–Kier alpha value is -2.71. The number of fused-ring (bicyclic) bond motifs is 1. The number of nitriles is 1. The fourth-order valence-electron chi connectivity index (χ4n) is 2.15. The van der Waals surface area contributed by atoms with Gasteiger partial charge in [0.2, 0.25) is 0 Å². The van der Waals surface area contributed by atoms with Crippen molar-refractivity contribution >= 4 is 33.0 Å². The minimum Gasteiger partial charge on any atom is -0.277 e. The molecule has 0 atom stereocenters. The van der Waals surface area contributed by atoms with E-state index in [4.69, 9.17) is 0 Å². The second kappa shape index (κ2) is 5.96. The van der Waals surface area contributed by atoms with E-state index in [0.717, 1.165) is 21.5 Å². The monoisotopic (exact) mass is 306 g/mol. The van der Waals surface area contributed by atoms with E-state index in [1.807, 2.05) is 50.2 Å². The minimum absolute atomic E-state index is 0.293. The quantitative estimate of drug-likeness (QED) is 0.581. The molecule has 0 saturated carbocycles. The number of para-hydroxylation sites is 1. The Morgan fingerprint density at radius 3 is 2.77 bits per heavy atom. The van der Waals surface area contributed by atoms with Gasteiger partial charge in [-0.05, 0) is 37.6 Å². The van der Waals surface area contributed by atoms with Gasteiger partial charge in [0, 0.05) is 0 Å². The van der Waals surface area contributed by atoms with Crippen molar-refractivity contribution in [2.24, 2.45) is 5.10 Å². The third-order valence-electron chi connectivity index (χ3n) is 3.27. The summed E-state index contributed by atoms with van der Waals surface area (Å²) in [6.07, 6.45) is 0. The average Bonchev–Trinajstić information content (AvgIpc) is 2.93. The first kappa shape index (κ1) is 14.2. The van der Waals surface area contributed by atoms with Crippen LogP contribution in [0, 0.1) is 25.2 Å². The minimum atomic E-state index is 0.293. The molecule has 0 amide bonds. The maximum Gasteiger partial charge on any atom is 0.196 e. The van der Waals surface area contributed by atoms with E-state index in [1.54, 1.807) is 0 Å². The lowest BCUT2D eigenvalue weighted by Crippen LogP contribution is -2.02. The average molecular weight is 306 g/mol. The van der Waals surface area contributed by atoms with Gasteiger partial charge in [0.1, 0.15) is 6.07 Å². The molecule has 108 valence electrons. The first-order chi connectivity index (χ1) is 10.7. The molecule has 3 rings (SSSR count). The van der Waals surface area contributed by atoms with Crippen LogP contribution in [-0.4, -0.2) is 10.7 Å². The van der Waals surface area contributed by atoms with Crippen molar-refractivity contribution in [3.63, 3.8) is 0 Å². The van der Waals surface area contributed by atoms with Crippen molar-refractivity contribution in [1.29, 1.82) is 5.26 Å². The van der Waals surface area contributed by atoms with Crippen LogP contribution in [0.2, 0.25) is 0 Å². The highest BCUT2D eigenvalue weighted by molar-refractivity contribution is 7.20. The molecular weight excluding hydrogens is 292 g/mol. The van der Waals surface area contributed by atoms with Crippen LogP contribution in [0.15, 0.2) is 47.6 Å². The van der Waals surface area contributed by atoms with Crippen molar-refractivity contribution in [3.05, 3.63) is 58.6 Å². The maximum atomic E-state index is 9.34. The number of nitrogens with zero attached hydrogens (tertiary/aromatic N) is 3. The van der Waals surface area contributed by atoms with Gasteiger partial charge in [-0.3, -0.25) is 5.43 Å². The predicted octanol–water partition coefficient (Wildman–Crippen LogP) is 4.25. The number of thiazole rings is 1. The van der Waals surface area contributed by atoms with Gasteiger partial charge in [-0.25, -0.2) is 4.98 Å². The lowest BCUT2D eigenvalue weighted by atomic mass is 10.1. The van der Waals surface area contributed by atoms with Crippen LogP contribution in [0.3, 0.4) is 0 Å². The van der Waals surface area contributed by atoms with E-state index in [-0.39, 0.29) is 0 Å². The van der Waals surface area contributed by atoms with Gasteiger partial charge in [0.25, 0.3) is 0 Å². The molecule has 5 heteroatoms. The molecule has 2 aromatic carbocycles. The van der Waals surface area contributed by atoms with Gasteiger partial charge in [-0.1, -0.05) is 29.8 Å². The van der Waals surface area contributed by atoms with Crippen molar-refractivity contribution in [3.8, 4) is 6.07 Å². The second-order valence-electron chi connectivity index (χ2n) is 4.99. The number of anilines is 1. The zero-order chi connectivity index (χ0) is 15.5. The van der Waals surface area contributed by atoms with E-state index in [9.17, 15) is 5.26 Å². The third-order valence-corrected chi connectivity index (χ3v) is 4.32. The Bertz CT molecular complexity index is 869. The Balaban J connectivity index is 1.91. The molecule has 1 aromatic heterocycles. The summed E-state index contributed by atoms with van der Waals surface area (Å²) < 4.78 is 1.05. The number of hydrazone groups is 1. The Kier molecular flexibility index (Phi) is 3.86. The molecule has 0 bridgehead atoms. The molecule has 1 heterocycles. The number of hydrogen-bond donors (Lipinski definition) is 1. The highest BCUT2D eigenvalue weighted by atomic mass is 32.1. The number of aromatic nitrogens is 1. The van der Waals surface area contributed by atoms with Crippen molar-refractivity contribution in [2.45, 2.75) is 13.8 Å². The van der Waals surface area contributed by atoms with Gasteiger partial charge in [-0.15, -0.1) is 11.3 Å². The van der Waals surface area contributed by atoms with Crippen LogP contribution in [0.25, 0.3) is 10.2 Å². The normalized spacial score (nSPS) is 11.4. The largest absolute Gasteiger partial charge is 0.277 e. The van der Waals surface area contributed by atoms with E-state index in [2.05, 4.69) is 27.6 Å². The fraction of sp³-hybridized carbons (Fsp3) is 0.118. The Morgan fingerprint density at radius 1 is 1.23 bits per heavy atom. The van der Waals surface area contributed by atoms with Gasteiger partial charge in [-0.2, -0.15) is 10.4 Å². The van der Waals surface area contributed by atoms with Crippen LogP contribution < -0.4 is 5.43 Å². The highest BCUT2D eigenvalue weighted by Crippen LogP contribution is 2.22. The number of nitrogens with one attached hydrogen (secondary N) is 1.